The van der Waals surface area contributed by atoms with E-state index in [9.17, 15) is 0 Å². The Morgan fingerprint density at radius 1 is 0.588 bits per heavy atom. The molecule has 34 heavy (non-hydrogen) atoms. The van der Waals surface area contributed by atoms with Crippen molar-refractivity contribution in [2.45, 2.75) is 38.0 Å². The highest BCUT2D eigenvalue weighted by molar-refractivity contribution is 5.99. The molecule has 1 saturated carbocycles. The quantitative estimate of drug-likeness (QED) is 0.259. The summed E-state index contributed by atoms with van der Waals surface area (Å²) < 4.78 is 2.14. The van der Waals surface area contributed by atoms with Gasteiger partial charge in [0, 0.05) is 28.2 Å². The Bertz CT molecular complexity index is 1400. The normalized spacial score (nSPS) is 14.4. The third-order valence-corrected chi connectivity index (χ3v) is 7.15. The molecule has 1 aliphatic carbocycles. The summed E-state index contributed by atoms with van der Waals surface area (Å²) in [6.07, 6.45) is 6.72. The molecule has 2 heteroatoms. The molecule has 0 radical (unpaired) electrons. The van der Waals surface area contributed by atoms with Gasteiger partial charge in [0.25, 0.3) is 5.69 Å². The van der Waals surface area contributed by atoms with Crippen LogP contribution < -0.4 is 4.68 Å². The van der Waals surface area contributed by atoms with Crippen molar-refractivity contribution in [2.24, 2.45) is 0 Å². The Labute approximate surface area is 201 Å². The van der Waals surface area contributed by atoms with E-state index in [2.05, 4.69) is 114 Å². The van der Waals surface area contributed by atoms with E-state index in [1.807, 2.05) is 0 Å². The van der Waals surface area contributed by atoms with E-state index in [-0.39, 0.29) is 0 Å². The molecule has 1 fully saturated rings. The summed E-state index contributed by atoms with van der Waals surface area (Å²) in [6, 6.07) is 39.0. The van der Waals surface area contributed by atoms with Crippen LogP contribution in [-0.4, -0.2) is 5.10 Å². The van der Waals surface area contributed by atoms with Gasteiger partial charge in [0.15, 0.2) is 0 Å². The average Bonchev–Trinajstić information content (AvgIpc) is 2.93. The molecule has 0 bridgehead atoms. The number of hydrogen-bond donors (Lipinski definition) is 0. The van der Waals surface area contributed by atoms with Crippen LogP contribution in [0.5, 0.6) is 0 Å². The van der Waals surface area contributed by atoms with Crippen molar-refractivity contribution in [3.05, 3.63) is 115 Å². The van der Waals surface area contributed by atoms with Gasteiger partial charge < -0.3 is 0 Å². The average molecular weight is 442 g/mol. The standard InChI is InChI=1S/C32H29N2/c1-4-12-24(13-5-1)25-20-22-28(23-21-25)34-32(27-16-8-3-9-17-27)31(26-14-6-2-7-15-26)29-18-10-11-19-30(29)33-34/h2-3,6-11,14-24H,1,4-5,12-13H2/q+1. The predicted octanol–water partition coefficient (Wildman–Crippen LogP) is 7.89. The molecule has 0 spiro atoms. The largest absolute Gasteiger partial charge is 0.254 e. The molecule has 0 unspecified atom stereocenters. The number of aromatic nitrogens is 2. The molecule has 0 atom stereocenters. The minimum atomic E-state index is 0.700. The third-order valence-electron chi connectivity index (χ3n) is 7.15. The fraction of sp³-hybridized carbons (Fsp3) is 0.188. The maximum atomic E-state index is 5.17. The van der Waals surface area contributed by atoms with E-state index < -0.39 is 0 Å². The van der Waals surface area contributed by atoms with Gasteiger partial charge in [-0.05, 0) is 52.8 Å². The first kappa shape index (κ1) is 20.8. The number of hydrogen-bond acceptors (Lipinski definition) is 1. The van der Waals surface area contributed by atoms with Crippen LogP contribution in [0.4, 0.5) is 0 Å². The molecule has 166 valence electrons. The van der Waals surface area contributed by atoms with E-state index >= 15 is 0 Å². The van der Waals surface area contributed by atoms with Gasteiger partial charge in [-0.25, -0.2) is 0 Å². The number of nitrogens with zero attached hydrogens (tertiary/aromatic N) is 2. The van der Waals surface area contributed by atoms with Gasteiger partial charge in [0.05, 0.1) is 5.56 Å². The van der Waals surface area contributed by atoms with Gasteiger partial charge in [0.2, 0.25) is 5.69 Å². The van der Waals surface area contributed by atoms with Crippen LogP contribution in [0.1, 0.15) is 43.6 Å². The van der Waals surface area contributed by atoms with Gasteiger partial charge in [0.1, 0.15) is 5.52 Å². The maximum absolute atomic E-state index is 5.17. The first-order valence-electron chi connectivity index (χ1n) is 12.4. The summed E-state index contributed by atoms with van der Waals surface area (Å²) in [7, 11) is 0. The maximum Gasteiger partial charge on any atom is 0.254 e. The molecule has 1 heterocycles. The van der Waals surface area contributed by atoms with Gasteiger partial charge in [-0.3, -0.25) is 0 Å². The number of fused-ring (bicyclic) bond motifs is 1. The van der Waals surface area contributed by atoms with Crippen molar-refractivity contribution in [1.29, 1.82) is 0 Å². The van der Waals surface area contributed by atoms with E-state index in [0.29, 0.717) is 5.92 Å². The van der Waals surface area contributed by atoms with Crippen molar-refractivity contribution in [3.63, 3.8) is 0 Å². The number of rotatable bonds is 4. The van der Waals surface area contributed by atoms with Crippen molar-refractivity contribution in [3.8, 4) is 28.1 Å². The van der Waals surface area contributed by atoms with Crippen LogP contribution in [0.2, 0.25) is 0 Å². The molecule has 1 aliphatic rings. The molecule has 0 aliphatic heterocycles. The molecule has 0 saturated heterocycles. The molecule has 1 aromatic heterocycles. The molecule has 4 aromatic carbocycles. The van der Waals surface area contributed by atoms with Crippen LogP contribution in [0, 0.1) is 0 Å². The van der Waals surface area contributed by atoms with Crippen LogP contribution in [-0.2, 0) is 0 Å². The molecular formula is C32H29N2+. The van der Waals surface area contributed by atoms with E-state index in [1.54, 1.807) is 0 Å². The fourth-order valence-electron chi connectivity index (χ4n) is 5.43. The highest BCUT2D eigenvalue weighted by atomic mass is 15.3. The Morgan fingerprint density at radius 3 is 1.91 bits per heavy atom. The summed E-state index contributed by atoms with van der Waals surface area (Å²) in [4.78, 5) is 0. The number of benzene rings is 4. The van der Waals surface area contributed by atoms with Gasteiger partial charge in [-0.15, -0.1) is 0 Å². The zero-order valence-corrected chi connectivity index (χ0v) is 19.4. The second kappa shape index (κ2) is 9.23. The minimum absolute atomic E-state index is 0.700. The SMILES string of the molecule is c1ccc(-c2c(-c3ccccc3)[n+](-c3ccc(C4CCCCC4)cc3)nc3ccccc23)cc1. The summed E-state index contributed by atoms with van der Waals surface area (Å²) in [5, 5.41) is 6.34. The Hall–Kier alpha value is -3.78. The Kier molecular flexibility index (Phi) is 5.64. The van der Waals surface area contributed by atoms with Crippen molar-refractivity contribution in [2.75, 3.05) is 0 Å². The minimum Gasteiger partial charge on any atom is -0.0622 e. The first-order valence-corrected chi connectivity index (χ1v) is 12.4. The smallest absolute Gasteiger partial charge is 0.0622 e. The second-order valence-electron chi connectivity index (χ2n) is 9.31. The lowest BCUT2D eigenvalue weighted by atomic mass is 9.84. The molecule has 5 aromatic rings. The molecule has 0 N–H and O–H groups in total. The van der Waals surface area contributed by atoms with Crippen LogP contribution in [0.15, 0.2) is 109 Å². The lowest BCUT2D eigenvalue weighted by Crippen LogP contribution is -2.38. The van der Waals surface area contributed by atoms with Crippen molar-refractivity contribution in [1.82, 2.24) is 5.10 Å². The lowest BCUT2D eigenvalue weighted by molar-refractivity contribution is -0.645. The van der Waals surface area contributed by atoms with Crippen LogP contribution >= 0.6 is 0 Å². The molecule has 2 nitrogen and oxygen atoms in total. The van der Waals surface area contributed by atoms with Gasteiger partial charge >= 0.3 is 0 Å². The van der Waals surface area contributed by atoms with Crippen molar-refractivity contribution >= 4 is 10.9 Å². The zero-order valence-electron chi connectivity index (χ0n) is 19.4. The third kappa shape index (κ3) is 3.90. The topological polar surface area (TPSA) is 16.8 Å². The molecule has 6 rings (SSSR count). The lowest BCUT2D eigenvalue weighted by Gasteiger charge is -2.21. The van der Waals surface area contributed by atoms with Gasteiger partial charge in [-0.1, -0.05) is 98.1 Å². The highest BCUT2D eigenvalue weighted by Crippen LogP contribution is 2.36. The summed E-state index contributed by atoms with van der Waals surface area (Å²) in [6.45, 7) is 0. The van der Waals surface area contributed by atoms with E-state index in [1.165, 1.54) is 54.2 Å². The van der Waals surface area contributed by atoms with E-state index in [4.69, 9.17) is 5.10 Å². The predicted molar refractivity (Wildman–Crippen MR) is 140 cm³/mol. The van der Waals surface area contributed by atoms with Crippen molar-refractivity contribution < 1.29 is 4.68 Å². The van der Waals surface area contributed by atoms with Crippen LogP contribution in [0.3, 0.4) is 0 Å². The molecular weight excluding hydrogens is 412 g/mol. The second-order valence-corrected chi connectivity index (χ2v) is 9.31. The zero-order chi connectivity index (χ0) is 22.7. The van der Waals surface area contributed by atoms with Gasteiger partial charge in [-0.2, -0.15) is 0 Å². The van der Waals surface area contributed by atoms with Crippen LogP contribution in [0.25, 0.3) is 39.0 Å². The highest BCUT2D eigenvalue weighted by Gasteiger charge is 2.27. The van der Waals surface area contributed by atoms with E-state index in [0.717, 1.165) is 22.5 Å². The monoisotopic (exact) mass is 441 g/mol. The summed E-state index contributed by atoms with van der Waals surface area (Å²) >= 11 is 0. The summed E-state index contributed by atoms with van der Waals surface area (Å²) in [5.41, 5.74) is 8.27. The Morgan fingerprint density at radius 2 is 1.21 bits per heavy atom. The molecule has 0 amide bonds. The fourth-order valence-corrected chi connectivity index (χ4v) is 5.43. The summed E-state index contributed by atoms with van der Waals surface area (Å²) in [5.74, 6) is 0.700. The first-order chi connectivity index (χ1) is 16.9. The Balaban J connectivity index is 1.60.